The van der Waals surface area contributed by atoms with Crippen molar-refractivity contribution in [3.63, 3.8) is 0 Å². The van der Waals surface area contributed by atoms with Crippen LogP contribution in [-0.2, 0) is 16.2 Å². The van der Waals surface area contributed by atoms with Gasteiger partial charge < -0.3 is 10.1 Å². The highest BCUT2D eigenvalue weighted by molar-refractivity contribution is 7.92. The van der Waals surface area contributed by atoms with E-state index in [9.17, 15) is 21.6 Å². The quantitative estimate of drug-likeness (QED) is 0.334. The third-order valence-corrected chi connectivity index (χ3v) is 8.08. The number of sulfonamides is 1. The van der Waals surface area contributed by atoms with Crippen LogP contribution in [0.3, 0.4) is 0 Å². The number of anilines is 2. The molecule has 3 aromatic carbocycles. The number of rotatable bonds is 6. The average Bonchev–Trinajstić information content (AvgIpc) is 3.33. The summed E-state index contributed by atoms with van der Waals surface area (Å²) in [6.07, 6.45) is 0.566. The molecule has 0 fully saturated rings. The van der Waals surface area contributed by atoms with Gasteiger partial charge in [-0.05, 0) is 85.8 Å². The Morgan fingerprint density at radius 1 is 1.03 bits per heavy atom. The van der Waals surface area contributed by atoms with Crippen LogP contribution in [0.25, 0.3) is 0 Å². The maximum Gasteiger partial charge on any atom is 0.416 e. The fourth-order valence-electron chi connectivity index (χ4n) is 5.07. The highest BCUT2D eigenvalue weighted by Crippen LogP contribution is 2.50. The molecule has 0 unspecified atom stereocenters. The summed E-state index contributed by atoms with van der Waals surface area (Å²) >= 11 is 0. The maximum atomic E-state index is 13.1. The zero-order valence-corrected chi connectivity index (χ0v) is 21.1. The predicted molar refractivity (Wildman–Crippen MR) is 137 cm³/mol. The second-order valence-electron chi connectivity index (χ2n) is 9.64. The predicted octanol–water partition coefficient (Wildman–Crippen LogP) is 7.12. The first kappa shape index (κ1) is 25.2. The van der Waals surface area contributed by atoms with Crippen molar-refractivity contribution in [3.05, 3.63) is 95.6 Å². The Labute approximate surface area is 214 Å². The molecule has 0 radical (unpaired) electrons. The number of alkyl halides is 3. The summed E-state index contributed by atoms with van der Waals surface area (Å²) in [5.74, 6) is 1.01. The SMILES string of the molecule is CC(C)Oc1ccc([C@H]2Nc3ccc(S(=O)(=O)Nc4cccc(C(F)(F)F)c4)cc3[C@H]3C=CC[C@H]32)cc1. The molecule has 0 aromatic heterocycles. The van der Waals surface area contributed by atoms with E-state index in [1.165, 1.54) is 18.2 Å². The van der Waals surface area contributed by atoms with E-state index in [0.717, 1.165) is 41.1 Å². The minimum absolute atomic E-state index is 0.00171. The van der Waals surface area contributed by atoms with Crippen molar-refractivity contribution < 1.29 is 26.3 Å². The van der Waals surface area contributed by atoms with Crippen molar-refractivity contribution >= 4 is 21.4 Å². The summed E-state index contributed by atoms with van der Waals surface area (Å²) in [6, 6.07) is 17.0. The Morgan fingerprint density at radius 3 is 2.49 bits per heavy atom. The Morgan fingerprint density at radius 2 is 1.78 bits per heavy atom. The lowest BCUT2D eigenvalue weighted by atomic mass is 9.77. The van der Waals surface area contributed by atoms with Crippen LogP contribution in [0.1, 0.15) is 48.9 Å². The Hall–Kier alpha value is -3.46. The van der Waals surface area contributed by atoms with Crippen LogP contribution in [0.2, 0.25) is 0 Å². The molecule has 0 saturated heterocycles. The van der Waals surface area contributed by atoms with Gasteiger partial charge in [0.15, 0.2) is 0 Å². The van der Waals surface area contributed by atoms with E-state index in [4.69, 9.17) is 4.74 Å². The van der Waals surface area contributed by atoms with Gasteiger partial charge in [-0.2, -0.15) is 13.2 Å². The van der Waals surface area contributed by atoms with Crippen LogP contribution in [0, 0.1) is 5.92 Å². The van der Waals surface area contributed by atoms with Gasteiger partial charge in [0.05, 0.1) is 22.6 Å². The average molecular weight is 529 g/mol. The molecule has 5 rings (SSSR count). The summed E-state index contributed by atoms with van der Waals surface area (Å²) in [6.45, 7) is 3.96. The summed E-state index contributed by atoms with van der Waals surface area (Å²) in [5, 5.41) is 3.58. The van der Waals surface area contributed by atoms with E-state index in [2.05, 4.69) is 22.2 Å². The van der Waals surface area contributed by atoms with Gasteiger partial charge >= 0.3 is 6.18 Å². The number of halogens is 3. The lowest BCUT2D eigenvalue weighted by Gasteiger charge is -2.37. The summed E-state index contributed by atoms with van der Waals surface area (Å²) in [4.78, 5) is -0.00171. The first-order valence-electron chi connectivity index (χ1n) is 12.0. The number of hydrogen-bond acceptors (Lipinski definition) is 4. The second-order valence-corrected chi connectivity index (χ2v) is 11.3. The normalized spacial score (nSPS) is 20.8. The van der Waals surface area contributed by atoms with Crippen LogP contribution in [-0.4, -0.2) is 14.5 Å². The van der Waals surface area contributed by atoms with Gasteiger partial charge in [-0.3, -0.25) is 4.72 Å². The lowest BCUT2D eigenvalue weighted by Crippen LogP contribution is -2.29. The highest BCUT2D eigenvalue weighted by atomic mass is 32.2. The fourth-order valence-corrected chi connectivity index (χ4v) is 6.15. The van der Waals surface area contributed by atoms with Crippen molar-refractivity contribution in [2.75, 3.05) is 10.0 Å². The molecule has 2 aliphatic rings. The van der Waals surface area contributed by atoms with Crippen LogP contribution in [0.5, 0.6) is 5.75 Å². The third-order valence-electron chi connectivity index (χ3n) is 6.70. The minimum atomic E-state index is -4.57. The molecule has 2 N–H and O–H groups in total. The van der Waals surface area contributed by atoms with Gasteiger partial charge in [0.2, 0.25) is 0 Å². The van der Waals surface area contributed by atoms with E-state index in [0.29, 0.717) is 0 Å². The molecule has 37 heavy (non-hydrogen) atoms. The van der Waals surface area contributed by atoms with E-state index in [1.54, 1.807) is 12.1 Å². The van der Waals surface area contributed by atoms with Crippen LogP contribution < -0.4 is 14.8 Å². The number of allylic oxidation sites excluding steroid dienone is 2. The monoisotopic (exact) mass is 528 g/mol. The van der Waals surface area contributed by atoms with Gasteiger partial charge in [0, 0.05) is 17.3 Å². The van der Waals surface area contributed by atoms with Gasteiger partial charge in [-0.15, -0.1) is 0 Å². The number of nitrogens with one attached hydrogen (secondary N) is 2. The van der Waals surface area contributed by atoms with Crippen molar-refractivity contribution in [2.45, 2.75) is 49.4 Å². The molecule has 3 atom stereocenters. The molecule has 0 amide bonds. The number of hydrogen-bond donors (Lipinski definition) is 2. The van der Waals surface area contributed by atoms with E-state index in [1.807, 2.05) is 38.1 Å². The standard InChI is InChI=1S/C28H27F3N2O3S/c1-17(2)36-21-11-9-18(10-12-21)27-24-8-4-7-23(24)25-16-22(13-14-26(25)32-27)37(34,35)33-20-6-3-5-19(15-20)28(29,30)31/h3-7,9-17,23-24,27,32-33H,8H2,1-2H3/t23-,24+,27+/m0/s1. The van der Waals surface area contributed by atoms with Crippen LogP contribution >= 0.6 is 0 Å². The molecule has 1 aliphatic carbocycles. The lowest BCUT2D eigenvalue weighted by molar-refractivity contribution is -0.137. The van der Waals surface area contributed by atoms with Crippen molar-refractivity contribution in [1.82, 2.24) is 0 Å². The number of ether oxygens (including phenoxy) is 1. The third kappa shape index (κ3) is 5.18. The minimum Gasteiger partial charge on any atom is -0.491 e. The second kappa shape index (κ2) is 9.45. The maximum absolute atomic E-state index is 13.1. The van der Waals surface area contributed by atoms with E-state index in [-0.39, 0.29) is 34.6 Å². The topological polar surface area (TPSA) is 67.4 Å². The molecular formula is C28H27F3N2O3S. The number of fused-ring (bicyclic) bond motifs is 3. The Kier molecular flexibility index (Phi) is 6.43. The van der Waals surface area contributed by atoms with Gasteiger partial charge in [0.1, 0.15) is 5.75 Å². The highest BCUT2D eigenvalue weighted by Gasteiger charge is 2.38. The molecule has 3 aromatic rings. The van der Waals surface area contributed by atoms with Crippen LogP contribution in [0.4, 0.5) is 24.5 Å². The first-order chi connectivity index (χ1) is 17.5. The molecule has 1 heterocycles. The molecule has 0 saturated carbocycles. The first-order valence-corrected chi connectivity index (χ1v) is 13.5. The van der Waals surface area contributed by atoms with E-state index < -0.39 is 21.8 Å². The van der Waals surface area contributed by atoms with Gasteiger partial charge in [0.25, 0.3) is 10.0 Å². The molecule has 0 bridgehead atoms. The van der Waals surface area contributed by atoms with Crippen molar-refractivity contribution in [3.8, 4) is 5.75 Å². The summed E-state index contributed by atoms with van der Waals surface area (Å²) < 4.78 is 73.4. The molecular weight excluding hydrogens is 501 g/mol. The summed E-state index contributed by atoms with van der Waals surface area (Å²) in [7, 11) is -4.10. The molecule has 0 spiro atoms. The van der Waals surface area contributed by atoms with Crippen LogP contribution in [0.15, 0.2) is 83.8 Å². The zero-order chi connectivity index (χ0) is 26.4. The fraction of sp³-hybridized carbons (Fsp3) is 0.286. The largest absolute Gasteiger partial charge is 0.491 e. The van der Waals surface area contributed by atoms with Gasteiger partial charge in [-0.1, -0.05) is 30.4 Å². The molecule has 194 valence electrons. The molecule has 9 heteroatoms. The smallest absolute Gasteiger partial charge is 0.416 e. The molecule has 5 nitrogen and oxygen atoms in total. The Balaban J connectivity index is 1.42. The van der Waals surface area contributed by atoms with Crippen molar-refractivity contribution in [1.29, 1.82) is 0 Å². The molecule has 1 aliphatic heterocycles. The Bertz CT molecular complexity index is 1430. The van der Waals surface area contributed by atoms with Gasteiger partial charge in [-0.25, -0.2) is 8.42 Å². The zero-order valence-electron chi connectivity index (χ0n) is 20.3. The summed E-state index contributed by atoms with van der Waals surface area (Å²) in [5.41, 5.74) is 1.73. The van der Waals surface area contributed by atoms with Crippen molar-refractivity contribution in [2.24, 2.45) is 5.92 Å². The number of benzene rings is 3. The van der Waals surface area contributed by atoms with E-state index >= 15 is 0 Å².